The van der Waals surface area contributed by atoms with Crippen molar-refractivity contribution in [1.29, 1.82) is 0 Å². The maximum Gasteiger partial charge on any atom is 0.326 e. The fourth-order valence-corrected chi connectivity index (χ4v) is 3.54. The first kappa shape index (κ1) is 32.8. The summed E-state index contributed by atoms with van der Waals surface area (Å²) in [5.41, 5.74) is 22.1. The molecule has 1 rings (SSSR count). The van der Waals surface area contributed by atoms with Crippen molar-refractivity contribution < 1.29 is 29.1 Å². The van der Waals surface area contributed by atoms with E-state index in [-0.39, 0.29) is 50.5 Å². The number of amides is 4. The molecule has 13 N–H and O–H groups in total. The Morgan fingerprint density at radius 3 is 2.13 bits per heavy atom. The minimum atomic E-state index is -1.21. The third-order valence-electron chi connectivity index (χ3n) is 5.55. The Morgan fingerprint density at radius 1 is 0.974 bits per heavy atom. The summed E-state index contributed by atoms with van der Waals surface area (Å²) in [7, 11) is 0. The lowest BCUT2D eigenvalue weighted by atomic mass is 10.0. The number of aromatic amines is 1. The topological polar surface area (TPSA) is 287 Å². The number of nitrogens with zero attached hydrogens (tertiary/aromatic N) is 2. The highest BCUT2D eigenvalue weighted by Crippen LogP contribution is 2.08. The Labute approximate surface area is 226 Å². The molecule has 0 aliphatic heterocycles. The molecule has 39 heavy (non-hydrogen) atoms. The molecule has 1 heterocycles. The van der Waals surface area contributed by atoms with Crippen LogP contribution in [0.3, 0.4) is 0 Å². The first-order valence-electron chi connectivity index (χ1n) is 12.5. The highest BCUT2D eigenvalue weighted by molar-refractivity contribution is 5.94. The van der Waals surface area contributed by atoms with Gasteiger partial charge in [-0.15, -0.1) is 0 Å². The lowest BCUT2D eigenvalue weighted by molar-refractivity contribution is -0.142. The van der Waals surface area contributed by atoms with E-state index in [9.17, 15) is 29.1 Å². The van der Waals surface area contributed by atoms with Gasteiger partial charge < -0.3 is 49.0 Å². The van der Waals surface area contributed by atoms with E-state index >= 15 is 0 Å². The van der Waals surface area contributed by atoms with Crippen molar-refractivity contribution in [2.24, 2.45) is 33.8 Å². The van der Waals surface area contributed by atoms with Crippen LogP contribution < -0.4 is 38.9 Å². The number of aliphatic imine (C=N–C) groups is 1. The Morgan fingerprint density at radius 2 is 1.59 bits per heavy atom. The maximum atomic E-state index is 13.3. The predicted molar refractivity (Wildman–Crippen MR) is 141 cm³/mol. The fourth-order valence-electron chi connectivity index (χ4n) is 3.54. The molecular formula is C23H40N10O6. The Hall–Kier alpha value is -4.21. The van der Waals surface area contributed by atoms with Crippen LogP contribution in [0.15, 0.2) is 17.5 Å². The molecule has 0 fully saturated rings. The molecule has 218 valence electrons. The zero-order chi connectivity index (χ0) is 29.5. The third kappa shape index (κ3) is 13.2. The largest absolute Gasteiger partial charge is 0.480 e. The molecule has 16 nitrogen and oxygen atoms in total. The normalized spacial score (nSPS) is 13.9. The van der Waals surface area contributed by atoms with Crippen molar-refractivity contribution in [3.63, 3.8) is 0 Å². The average Bonchev–Trinajstić information content (AvgIpc) is 3.35. The Balaban J connectivity index is 3.09. The second-order valence-corrected chi connectivity index (χ2v) is 9.49. The number of hydrogen-bond acceptors (Lipinski definition) is 8. The molecule has 4 atom stereocenters. The number of aromatic nitrogens is 2. The first-order valence-corrected chi connectivity index (χ1v) is 12.5. The lowest BCUT2D eigenvalue weighted by Gasteiger charge is -2.25. The van der Waals surface area contributed by atoms with Gasteiger partial charge in [-0.2, -0.15) is 0 Å². The third-order valence-corrected chi connectivity index (χ3v) is 5.55. The van der Waals surface area contributed by atoms with E-state index in [2.05, 4.69) is 30.9 Å². The Bertz CT molecular complexity index is 994. The summed E-state index contributed by atoms with van der Waals surface area (Å²) in [5, 5.41) is 17.1. The minimum absolute atomic E-state index is 0.0179. The number of carbonyl (C=O) groups excluding carboxylic acids is 4. The predicted octanol–water partition coefficient (Wildman–Crippen LogP) is -2.82. The highest BCUT2D eigenvalue weighted by Gasteiger charge is 2.31. The zero-order valence-corrected chi connectivity index (χ0v) is 22.2. The smallest absolute Gasteiger partial charge is 0.326 e. The van der Waals surface area contributed by atoms with Gasteiger partial charge >= 0.3 is 5.97 Å². The number of primary amides is 1. The molecule has 0 aromatic carbocycles. The molecule has 0 saturated heterocycles. The number of carboxylic acids is 1. The second-order valence-electron chi connectivity index (χ2n) is 9.49. The summed E-state index contributed by atoms with van der Waals surface area (Å²) in [6.07, 6.45) is 3.23. The quantitative estimate of drug-likeness (QED) is 0.0511. The summed E-state index contributed by atoms with van der Waals surface area (Å²) in [4.78, 5) is 72.3. The van der Waals surface area contributed by atoms with Gasteiger partial charge in [0, 0.05) is 31.3 Å². The Kier molecular flexibility index (Phi) is 14.0. The van der Waals surface area contributed by atoms with Gasteiger partial charge in [-0.05, 0) is 31.6 Å². The van der Waals surface area contributed by atoms with E-state index in [1.54, 1.807) is 0 Å². The molecular weight excluding hydrogens is 512 g/mol. The standard InChI is InChI=1S/C23H40N10O6/c1-12(2)8-17(22(38)39)33-21(37)16(9-13-10-28-11-30-13)32-20(36)15(4-3-7-29-23(26)27)31-19(35)14(24)5-6-18(25)34/h10-12,14-17H,3-9,24H2,1-2H3,(H2,25,34)(H,28,30)(H,31,35)(H,32,36)(H,33,37)(H,38,39)(H4,26,27,29). The molecule has 0 saturated carbocycles. The average molecular weight is 553 g/mol. The van der Waals surface area contributed by atoms with Crippen LogP contribution in [0.5, 0.6) is 0 Å². The van der Waals surface area contributed by atoms with E-state index in [0.717, 1.165) is 0 Å². The van der Waals surface area contributed by atoms with Crippen LogP contribution in [-0.2, 0) is 30.4 Å². The number of guanidine groups is 1. The van der Waals surface area contributed by atoms with Crippen LogP contribution in [0, 0.1) is 5.92 Å². The van der Waals surface area contributed by atoms with Gasteiger partial charge in [-0.25, -0.2) is 9.78 Å². The summed E-state index contributed by atoms with van der Waals surface area (Å²) in [6, 6.07) is -4.62. The molecule has 0 bridgehead atoms. The van der Waals surface area contributed by atoms with E-state index in [0.29, 0.717) is 12.1 Å². The second kappa shape index (κ2) is 16.6. The van der Waals surface area contributed by atoms with Gasteiger partial charge in [0.2, 0.25) is 23.6 Å². The van der Waals surface area contributed by atoms with Crippen molar-refractivity contribution in [1.82, 2.24) is 25.9 Å². The van der Waals surface area contributed by atoms with Crippen LogP contribution in [0.25, 0.3) is 0 Å². The molecule has 0 spiro atoms. The summed E-state index contributed by atoms with van der Waals surface area (Å²) >= 11 is 0. The summed E-state index contributed by atoms with van der Waals surface area (Å²) < 4.78 is 0. The number of H-pyrrole nitrogens is 1. The van der Waals surface area contributed by atoms with Gasteiger partial charge in [-0.1, -0.05) is 13.8 Å². The van der Waals surface area contributed by atoms with Gasteiger partial charge in [0.15, 0.2) is 5.96 Å². The SMILES string of the molecule is CC(C)CC(NC(=O)C(Cc1cnc[nH]1)NC(=O)C(CCCN=C(N)N)NC(=O)C(N)CCC(N)=O)C(=O)O. The van der Waals surface area contributed by atoms with E-state index in [4.69, 9.17) is 22.9 Å². The number of carboxylic acid groups (broad SMARTS) is 1. The molecule has 0 aliphatic rings. The lowest BCUT2D eigenvalue weighted by Crippen LogP contribution is -2.57. The molecule has 0 radical (unpaired) electrons. The van der Waals surface area contributed by atoms with Gasteiger partial charge in [0.05, 0.1) is 12.4 Å². The van der Waals surface area contributed by atoms with Gasteiger partial charge in [0.1, 0.15) is 18.1 Å². The van der Waals surface area contributed by atoms with Crippen LogP contribution in [-0.4, -0.2) is 81.3 Å². The van der Waals surface area contributed by atoms with Crippen LogP contribution >= 0.6 is 0 Å². The first-order chi connectivity index (χ1) is 18.3. The number of carbonyl (C=O) groups is 5. The molecule has 4 amide bonds. The number of aliphatic carboxylic acids is 1. The summed E-state index contributed by atoms with van der Waals surface area (Å²) in [6.45, 7) is 3.80. The van der Waals surface area contributed by atoms with Crippen molar-refractivity contribution in [2.75, 3.05) is 6.54 Å². The van der Waals surface area contributed by atoms with Crippen molar-refractivity contribution in [3.8, 4) is 0 Å². The van der Waals surface area contributed by atoms with Crippen molar-refractivity contribution in [2.45, 2.75) is 76.5 Å². The molecule has 1 aromatic heterocycles. The number of hydrogen-bond donors (Lipinski definition) is 9. The van der Waals surface area contributed by atoms with E-state index < -0.39 is 53.8 Å². The summed E-state index contributed by atoms with van der Waals surface area (Å²) in [5.74, 6) is -4.14. The number of nitrogens with one attached hydrogen (secondary N) is 4. The monoisotopic (exact) mass is 552 g/mol. The van der Waals surface area contributed by atoms with E-state index in [1.807, 2.05) is 13.8 Å². The fraction of sp³-hybridized carbons (Fsp3) is 0.609. The van der Waals surface area contributed by atoms with Crippen LogP contribution in [0.1, 0.15) is 51.6 Å². The van der Waals surface area contributed by atoms with E-state index in [1.165, 1.54) is 12.5 Å². The van der Waals surface area contributed by atoms with Gasteiger partial charge in [-0.3, -0.25) is 24.2 Å². The van der Waals surface area contributed by atoms with Gasteiger partial charge in [0.25, 0.3) is 0 Å². The number of rotatable bonds is 18. The molecule has 1 aromatic rings. The number of imidazole rings is 1. The zero-order valence-electron chi connectivity index (χ0n) is 22.2. The minimum Gasteiger partial charge on any atom is -0.480 e. The molecule has 0 aliphatic carbocycles. The molecule has 4 unspecified atom stereocenters. The highest BCUT2D eigenvalue weighted by atomic mass is 16.4. The van der Waals surface area contributed by atoms with Crippen LogP contribution in [0.2, 0.25) is 0 Å². The molecule has 16 heteroatoms. The van der Waals surface area contributed by atoms with Crippen LogP contribution in [0.4, 0.5) is 0 Å². The van der Waals surface area contributed by atoms with Crippen molar-refractivity contribution >= 4 is 35.6 Å². The number of nitrogens with two attached hydrogens (primary N) is 4. The maximum absolute atomic E-state index is 13.3. The van der Waals surface area contributed by atoms with Crippen molar-refractivity contribution in [3.05, 3.63) is 18.2 Å².